The van der Waals surface area contributed by atoms with Crippen LogP contribution < -0.4 is 14.4 Å². The Hall–Kier alpha value is -3.68. The van der Waals surface area contributed by atoms with Crippen LogP contribution in [0.1, 0.15) is 17.2 Å². The normalized spacial score (nSPS) is 17.2. The summed E-state index contributed by atoms with van der Waals surface area (Å²) in [6.45, 7) is 0. The van der Waals surface area contributed by atoms with Crippen molar-refractivity contribution < 1.29 is 29.3 Å². The molecule has 3 aromatic carbocycles. The van der Waals surface area contributed by atoms with Crippen molar-refractivity contribution in [1.29, 1.82) is 0 Å². The highest BCUT2D eigenvalue weighted by Gasteiger charge is 2.47. The fourth-order valence-corrected chi connectivity index (χ4v) is 4.29. The number of methoxy groups -OCH3 is 2. The molecule has 1 unspecified atom stereocenters. The summed E-state index contributed by atoms with van der Waals surface area (Å²) in [6, 6.07) is 14.9. The van der Waals surface area contributed by atoms with E-state index in [-0.39, 0.29) is 33.4 Å². The number of aliphatic hydroxyl groups is 1. The van der Waals surface area contributed by atoms with Crippen LogP contribution in [0, 0.1) is 0 Å². The lowest BCUT2D eigenvalue weighted by molar-refractivity contribution is -0.132. The van der Waals surface area contributed by atoms with Crippen LogP contribution in [-0.2, 0) is 9.59 Å². The lowest BCUT2D eigenvalue weighted by Gasteiger charge is -2.26. The number of ketones is 1. The standard InChI is InChI=1S/C25H19Cl2NO6/c1-33-18-11-13(8-9-16(18)26)22(29)20-21(14-10-17(27)23(30)19(12-14)34-2)28(25(32)24(20)31)15-6-4-3-5-7-15/h3-12,21,29-30H,1-2H3/b22-20+. The SMILES string of the molecule is COc1cc(/C(O)=C2\C(=O)C(=O)N(c3ccccc3)C2c2cc(Cl)c(O)c(OC)c2)ccc1Cl. The number of benzene rings is 3. The summed E-state index contributed by atoms with van der Waals surface area (Å²) in [5, 5.41) is 21.7. The van der Waals surface area contributed by atoms with Crippen LogP contribution in [0.3, 0.4) is 0 Å². The van der Waals surface area contributed by atoms with Crippen molar-refractivity contribution in [2.75, 3.05) is 19.1 Å². The van der Waals surface area contributed by atoms with Gasteiger partial charge in [0, 0.05) is 11.3 Å². The van der Waals surface area contributed by atoms with Gasteiger partial charge in [0.05, 0.1) is 35.9 Å². The van der Waals surface area contributed by atoms with E-state index in [0.29, 0.717) is 16.3 Å². The van der Waals surface area contributed by atoms with E-state index in [9.17, 15) is 19.8 Å². The molecule has 1 heterocycles. The van der Waals surface area contributed by atoms with E-state index in [4.69, 9.17) is 32.7 Å². The highest BCUT2D eigenvalue weighted by molar-refractivity contribution is 6.51. The minimum Gasteiger partial charge on any atom is -0.507 e. The molecule has 0 spiro atoms. The molecule has 1 aliphatic heterocycles. The van der Waals surface area contributed by atoms with Crippen LogP contribution in [0.15, 0.2) is 66.2 Å². The minimum atomic E-state index is -1.06. The smallest absolute Gasteiger partial charge is 0.300 e. The average Bonchev–Trinajstić information content (AvgIpc) is 3.11. The summed E-state index contributed by atoms with van der Waals surface area (Å²) in [7, 11) is 2.77. The molecule has 2 N–H and O–H groups in total. The van der Waals surface area contributed by atoms with Crippen molar-refractivity contribution in [3.05, 3.63) is 87.4 Å². The number of aliphatic hydroxyl groups excluding tert-OH is 1. The van der Waals surface area contributed by atoms with Gasteiger partial charge in [0.25, 0.3) is 11.7 Å². The number of hydrogen-bond donors (Lipinski definition) is 2. The van der Waals surface area contributed by atoms with Gasteiger partial charge in [-0.1, -0.05) is 41.4 Å². The van der Waals surface area contributed by atoms with Gasteiger partial charge in [-0.2, -0.15) is 0 Å². The highest BCUT2D eigenvalue weighted by atomic mass is 35.5. The molecule has 34 heavy (non-hydrogen) atoms. The summed E-state index contributed by atoms with van der Waals surface area (Å²) in [5.41, 5.74) is 0.854. The number of hydrogen-bond acceptors (Lipinski definition) is 6. The zero-order valence-electron chi connectivity index (χ0n) is 18.1. The van der Waals surface area contributed by atoms with Crippen LogP contribution >= 0.6 is 23.2 Å². The third-order valence-electron chi connectivity index (χ3n) is 5.49. The van der Waals surface area contributed by atoms with Crippen LogP contribution in [-0.4, -0.2) is 36.1 Å². The van der Waals surface area contributed by atoms with Crippen molar-refractivity contribution in [3.63, 3.8) is 0 Å². The van der Waals surface area contributed by atoms with Gasteiger partial charge < -0.3 is 19.7 Å². The number of Topliss-reactive ketones (excluding diaryl/α,β-unsaturated/α-hetero) is 1. The number of phenols is 1. The number of amides is 1. The lowest BCUT2D eigenvalue weighted by atomic mass is 9.94. The van der Waals surface area contributed by atoms with E-state index < -0.39 is 23.5 Å². The topological polar surface area (TPSA) is 96.3 Å². The molecule has 7 nitrogen and oxygen atoms in total. The molecule has 3 aromatic rings. The summed E-state index contributed by atoms with van der Waals surface area (Å²) in [5.74, 6) is -2.08. The molecular formula is C25H19Cl2NO6. The first kappa shape index (κ1) is 23.5. The molecule has 1 fully saturated rings. The second-order valence-corrected chi connectivity index (χ2v) is 8.22. The van der Waals surface area contributed by atoms with E-state index >= 15 is 0 Å². The number of ether oxygens (including phenoxy) is 2. The number of anilines is 1. The zero-order chi connectivity index (χ0) is 24.6. The Morgan fingerprint density at radius 2 is 1.59 bits per heavy atom. The molecule has 174 valence electrons. The first-order valence-electron chi connectivity index (χ1n) is 10.0. The fraction of sp³-hybridized carbons (Fsp3) is 0.120. The number of phenolic OH excluding ortho intramolecular Hbond substituents is 1. The molecule has 0 saturated carbocycles. The van der Waals surface area contributed by atoms with Gasteiger partial charge in [-0.15, -0.1) is 0 Å². The molecule has 1 amide bonds. The molecule has 0 bridgehead atoms. The first-order valence-corrected chi connectivity index (χ1v) is 10.8. The maximum absolute atomic E-state index is 13.2. The molecule has 1 aliphatic rings. The van der Waals surface area contributed by atoms with Crippen molar-refractivity contribution in [2.24, 2.45) is 0 Å². The Morgan fingerprint density at radius 3 is 2.24 bits per heavy atom. The molecule has 0 aliphatic carbocycles. The Balaban J connectivity index is 2.00. The largest absolute Gasteiger partial charge is 0.507 e. The van der Waals surface area contributed by atoms with Crippen LogP contribution in [0.5, 0.6) is 17.2 Å². The van der Waals surface area contributed by atoms with Gasteiger partial charge in [-0.3, -0.25) is 14.5 Å². The number of carbonyl (C=O) groups excluding carboxylic acids is 2. The predicted octanol–water partition coefficient (Wildman–Crippen LogP) is 5.34. The number of carbonyl (C=O) groups is 2. The van der Waals surface area contributed by atoms with Crippen molar-refractivity contribution in [2.45, 2.75) is 6.04 Å². The molecule has 1 saturated heterocycles. The minimum absolute atomic E-state index is 0.0406. The van der Waals surface area contributed by atoms with Crippen molar-refractivity contribution >= 4 is 46.3 Å². The number of nitrogens with zero attached hydrogens (tertiary/aromatic N) is 1. The predicted molar refractivity (Wildman–Crippen MR) is 129 cm³/mol. The van der Waals surface area contributed by atoms with Crippen LogP contribution in [0.2, 0.25) is 10.0 Å². The van der Waals surface area contributed by atoms with E-state index in [2.05, 4.69) is 0 Å². The monoisotopic (exact) mass is 499 g/mol. The molecule has 4 rings (SSSR count). The summed E-state index contributed by atoms with van der Waals surface area (Å²) >= 11 is 12.3. The second-order valence-electron chi connectivity index (χ2n) is 7.41. The van der Waals surface area contributed by atoms with Gasteiger partial charge >= 0.3 is 0 Å². The molecule has 1 atom stereocenters. The lowest BCUT2D eigenvalue weighted by Crippen LogP contribution is -2.29. The van der Waals surface area contributed by atoms with Crippen molar-refractivity contribution in [3.8, 4) is 17.2 Å². The van der Waals surface area contributed by atoms with Crippen molar-refractivity contribution in [1.82, 2.24) is 0 Å². The third-order valence-corrected chi connectivity index (χ3v) is 6.09. The van der Waals surface area contributed by atoms with Gasteiger partial charge in [0.15, 0.2) is 11.5 Å². The van der Waals surface area contributed by atoms with E-state index in [1.807, 2.05) is 0 Å². The van der Waals surface area contributed by atoms with Gasteiger partial charge in [-0.25, -0.2) is 0 Å². The quantitative estimate of drug-likeness (QED) is 0.279. The third kappa shape index (κ3) is 3.93. The number of para-hydroxylation sites is 1. The zero-order valence-corrected chi connectivity index (χ0v) is 19.6. The summed E-state index contributed by atoms with van der Waals surface area (Å²) in [6.07, 6.45) is 0. The van der Waals surface area contributed by atoms with E-state index in [1.54, 1.807) is 30.3 Å². The summed E-state index contributed by atoms with van der Waals surface area (Å²) < 4.78 is 10.4. The Morgan fingerprint density at radius 1 is 0.912 bits per heavy atom. The molecule has 0 radical (unpaired) electrons. The number of halogens is 2. The average molecular weight is 500 g/mol. The molecule has 0 aromatic heterocycles. The van der Waals surface area contributed by atoms with E-state index in [1.165, 1.54) is 49.5 Å². The maximum Gasteiger partial charge on any atom is 0.300 e. The Kier molecular flexibility index (Phi) is 6.41. The number of aromatic hydroxyl groups is 1. The van der Waals surface area contributed by atoms with E-state index in [0.717, 1.165) is 0 Å². The van der Waals surface area contributed by atoms with Crippen LogP contribution in [0.25, 0.3) is 5.76 Å². The van der Waals surface area contributed by atoms with Gasteiger partial charge in [0.1, 0.15) is 11.5 Å². The highest BCUT2D eigenvalue weighted by Crippen LogP contribution is 2.46. The maximum atomic E-state index is 13.2. The van der Waals surface area contributed by atoms with Gasteiger partial charge in [0.2, 0.25) is 0 Å². The summed E-state index contributed by atoms with van der Waals surface area (Å²) in [4.78, 5) is 27.7. The Labute approximate surface area is 205 Å². The molecule has 9 heteroatoms. The second kappa shape index (κ2) is 9.29. The fourth-order valence-electron chi connectivity index (χ4n) is 3.87. The van der Waals surface area contributed by atoms with Gasteiger partial charge in [-0.05, 0) is 48.0 Å². The molecular weight excluding hydrogens is 481 g/mol. The van der Waals surface area contributed by atoms with Crippen LogP contribution in [0.4, 0.5) is 5.69 Å². The first-order chi connectivity index (χ1) is 16.3. The Bertz CT molecular complexity index is 1320. The number of rotatable bonds is 5.